The first-order valence-corrected chi connectivity index (χ1v) is 9.10. The van der Waals surface area contributed by atoms with Crippen molar-refractivity contribution in [2.75, 3.05) is 5.32 Å². The lowest BCUT2D eigenvalue weighted by Gasteiger charge is -2.24. The molecule has 1 heterocycles. The van der Waals surface area contributed by atoms with E-state index in [4.69, 9.17) is 0 Å². The Morgan fingerprint density at radius 1 is 1.11 bits per heavy atom. The van der Waals surface area contributed by atoms with Crippen LogP contribution in [0.3, 0.4) is 0 Å². The zero-order chi connectivity index (χ0) is 20.6. The van der Waals surface area contributed by atoms with E-state index in [1.807, 2.05) is 0 Å². The van der Waals surface area contributed by atoms with Gasteiger partial charge in [0.05, 0.1) is 5.56 Å². The molecule has 1 amide bonds. The van der Waals surface area contributed by atoms with Crippen LogP contribution in [0.15, 0.2) is 41.4 Å². The second-order valence-corrected chi connectivity index (χ2v) is 8.80. The first kappa shape index (κ1) is 20.8. The van der Waals surface area contributed by atoms with Crippen molar-refractivity contribution in [3.63, 3.8) is 0 Å². The van der Waals surface area contributed by atoms with Gasteiger partial charge in [0.2, 0.25) is 5.91 Å². The standard InChI is InChI=1S/C17H16F4N2O3S/c1-10-4-6-13(12(18)8-10)27(25,26)16(2,3)15(24)23-14-7-5-11(9-22-14)17(19,20)21/h4-9H,1-3H3,(H,22,23,24). The maximum atomic E-state index is 14.1. The third-order valence-corrected chi connectivity index (χ3v) is 6.37. The molecule has 1 aromatic carbocycles. The summed E-state index contributed by atoms with van der Waals surface area (Å²) in [6, 6.07) is 5.07. The molecular formula is C17H16F4N2O3S. The average Bonchev–Trinajstić information content (AvgIpc) is 2.53. The molecule has 0 atom stereocenters. The second kappa shape index (κ2) is 6.91. The molecule has 5 nitrogen and oxygen atoms in total. The number of carbonyl (C=O) groups excluding carboxylic acids is 1. The molecule has 0 aliphatic rings. The highest BCUT2D eigenvalue weighted by Gasteiger charge is 2.44. The van der Waals surface area contributed by atoms with E-state index in [0.29, 0.717) is 17.8 Å². The molecule has 0 aliphatic carbocycles. The van der Waals surface area contributed by atoms with E-state index in [1.54, 1.807) is 6.92 Å². The van der Waals surface area contributed by atoms with E-state index in [9.17, 15) is 30.8 Å². The number of halogens is 4. The Kier molecular flexibility index (Phi) is 5.33. The van der Waals surface area contributed by atoms with Crippen LogP contribution in [0, 0.1) is 12.7 Å². The number of pyridine rings is 1. The normalized spacial score (nSPS) is 12.7. The number of aromatic nitrogens is 1. The Balaban J connectivity index is 2.31. The largest absolute Gasteiger partial charge is 0.417 e. The number of nitrogens with one attached hydrogen (secondary N) is 1. The highest BCUT2D eigenvalue weighted by molar-refractivity contribution is 7.93. The van der Waals surface area contributed by atoms with Gasteiger partial charge in [-0.2, -0.15) is 13.2 Å². The van der Waals surface area contributed by atoms with Crippen molar-refractivity contribution >= 4 is 21.6 Å². The van der Waals surface area contributed by atoms with Crippen LogP contribution in [0.25, 0.3) is 0 Å². The van der Waals surface area contributed by atoms with Crippen LogP contribution in [0.1, 0.15) is 25.0 Å². The van der Waals surface area contributed by atoms with Gasteiger partial charge in [0, 0.05) is 6.20 Å². The highest BCUT2D eigenvalue weighted by Crippen LogP contribution is 2.31. The lowest BCUT2D eigenvalue weighted by atomic mass is 10.2. The Morgan fingerprint density at radius 2 is 1.74 bits per heavy atom. The van der Waals surface area contributed by atoms with Gasteiger partial charge < -0.3 is 5.32 Å². The van der Waals surface area contributed by atoms with E-state index < -0.39 is 42.9 Å². The predicted molar refractivity (Wildman–Crippen MR) is 90.3 cm³/mol. The molecule has 0 unspecified atom stereocenters. The van der Waals surface area contributed by atoms with E-state index in [-0.39, 0.29) is 5.82 Å². The van der Waals surface area contributed by atoms with Crippen molar-refractivity contribution < 1.29 is 30.8 Å². The molecule has 0 saturated heterocycles. The van der Waals surface area contributed by atoms with Gasteiger partial charge in [-0.1, -0.05) is 6.07 Å². The number of alkyl halides is 3. The van der Waals surface area contributed by atoms with Crippen LogP contribution in [-0.4, -0.2) is 24.1 Å². The van der Waals surface area contributed by atoms with E-state index in [1.165, 1.54) is 6.07 Å². The topological polar surface area (TPSA) is 76.1 Å². The van der Waals surface area contributed by atoms with Gasteiger partial charge in [0.15, 0.2) is 9.84 Å². The summed E-state index contributed by atoms with van der Waals surface area (Å²) in [5.41, 5.74) is -0.517. The van der Waals surface area contributed by atoms with Crippen molar-refractivity contribution in [1.29, 1.82) is 0 Å². The number of amides is 1. The van der Waals surface area contributed by atoms with Crippen LogP contribution >= 0.6 is 0 Å². The average molecular weight is 404 g/mol. The minimum Gasteiger partial charge on any atom is -0.309 e. The number of carbonyl (C=O) groups is 1. The van der Waals surface area contributed by atoms with Crippen molar-refractivity contribution in [3.8, 4) is 0 Å². The van der Waals surface area contributed by atoms with E-state index >= 15 is 0 Å². The lowest BCUT2D eigenvalue weighted by molar-refractivity contribution is -0.137. The Morgan fingerprint density at radius 3 is 2.22 bits per heavy atom. The molecule has 0 fully saturated rings. The molecule has 0 bridgehead atoms. The lowest BCUT2D eigenvalue weighted by Crippen LogP contribution is -2.44. The van der Waals surface area contributed by atoms with Crippen LogP contribution in [0.5, 0.6) is 0 Å². The zero-order valence-electron chi connectivity index (χ0n) is 14.6. The fourth-order valence-corrected chi connectivity index (χ4v) is 3.53. The monoisotopic (exact) mass is 404 g/mol. The summed E-state index contributed by atoms with van der Waals surface area (Å²) in [5.74, 6) is -2.32. The quantitative estimate of drug-likeness (QED) is 0.788. The summed E-state index contributed by atoms with van der Waals surface area (Å²) < 4.78 is 75.1. The molecule has 2 aromatic rings. The number of rotatable bonds is 4. The molecule has 0 spiro atoms. The van der Waals surface area contributed by atoms with Gasteiger partial charge in [-0.15, -0.1) is 0 Å². The number of anilines is 1. The summed E-state index contributed by atoms with van der Waals surface area (Å²) in [5, 5.41) is 2.15. The minimum absolute atomic E-state index is 0.263. The molecule has 0 aliphatic heterocycles. The third-order valence-electron chi connectivity index (χ3n) is 3.93. The van der Waals surface area contributed by atoms with Crippen molar-refractivity contribution in [3.05, 3.63) is 53.5 Å². The Bertz CT molecular complexity index is 969. The molecule has 146 valence electrons. The molecule has 1 N–H and O–H groups in total. The summed E-state index contributed by atoms with van der Waals surface area (Å²) in [7, 11) is -4.43. The van der Waals surface area contributed by atoms with Crippen molar-refractivity contribution in [2.45, 2.75) is 36.6 Å². The number of hydrogen-bond donors (Lipinski definition) is 1. The maximum absolute atomic E-state index is 14.1. The number of benzene rings is 1. The van der Waals surface area contributed by atoms with Crippen molar-refractivity contribution in [1.82, 2.24) is 4.98 Å². The van der Waals surface area contributed by atoms with Gasteiger partial charge >= 0.3 is 6.18 Å². The summed E-state index contributed by atoms with van der Waals surface area (Å²) >= 11 is 0. The number of hydrogen-bond acceptors (Lipinski definition) is 4. The van der Waals surface area contributed by atoms with Gasteiger partial charge in [-0.3, -0.25) is 4.79 Å². The fourth-order valence-electron chi connectivity index (χ4n) is 2.12. The second-order valence-electron chi connectivity index (χ2n) is 6.33. The fraction of sp³-hybridized carbons (Fsp3) is 0.294. The number of sulfone groups is 1. The predicted octanol–water partition coefficient (Wildman–Crippen LogP) is 3.74. The van der Waals surface area contributed by atoms with E-state index in [0.717, 1.165) is 32.0 Å². The molecule has 27 heavy (non-hydrogen) atoms. The van der Waals surface area contributed by atoms with Crippen molar-refractivity contribution in [2.24, 2.45) is 0 Å². The SMILES string of the molecule is Cc1ccc(S(=O)(=O)C(C)(C)C(=O)Nc2ccc(C(F)(F)F)cn2)c(F)c1. The zero-order valence-corrected chi connectivity index (χ0v) is 15.4. The van der Waals surface area contributed by atoms with Gasteiger partial charge in [-0.25, -0.2) is 17.8 Å². The third kappa shape index (κ3) is 4.10. The van der Waals surface area contributed by atoms with Crippen LogP contribution < -0.4 is 5.32 Å². The molecule has 0 saturated carbocycles. The molecule has 10 heteroatoms. The molecule has 0 radical (unpaired) electrons. The molecular weight excluding hydrogens is 388 g/mol. The minimum atomic E-state index is -4.60. The molecule has 2 rings (SSSR count). The van der Waals surface area contributed by atoms with Crippen LogP contribution in [0.4, 0.5) is 23.4 Å². The van der Waals surface area contributed by atoms with Gasteiger partial charge in [-0.05, 0) is 50.6 Å². The Labute approximate surface area is 153 Å². The van der Waals surface area contributed by atoms with Gasteiger partial charge in [0.25, 0.3) is 0 Å². The Hall–Kier alpha value is -2.49. The number of nitrogens with zero attached hydrogens (tertiary/aromatic N) is 1. The summed E-state index contributed by atoms with van der Waals surface area (Å²) in [6.45, 7) is 3.72. The highest BCUT2D eigenvalue weighted by atomic mass is 32.2. The van der Waals surface area contributed by atoms with Crippen LogP contribution in [-0.2, 0) is 20.8 Å². The smallest absolute Gasteiger partial charge is 0.309 e. The molecule has 1 aromatic heterocycles. The summed E-state index contributed by atoms with van der Waals surface area (Å²) in [4.78, 5) is 15.3. The first-order valence-electron chi connectivity index (χ1n) is 7.62. The van der Waals surface area contributed by atoms with Gasteiger partial charge in [0.1, 0.15) is 21.3 Å². The maximum Gasteiger partial charge on any atom is 0.417 e. The van der Waals surface area contributed by atoms with Crippen LogP contribution in [0.2, 0.25) is 0 Å². The van der Waals surface area contributed by atoms with E-state index in [2.05, 4.69) is 10.3 Å². The first-order chi connectivity index (χ1) is 12.3. The number of aryl methyl sites for hydroxylation is 1. The summed E-state index contributed by atoms with van der Waals surface area (Å²) in [6.07, 6.45) is -4.09.